The van der Waals surface area contributed by atoms with Crippen LogP contribution in [0.2, 0.25) is 5.02 Å². The molecule has 0 aromatic heterocycles. The van der Waals surface area contributed by atoms with E-state index in [9.17, 15) is 19.2 Å². The molecule has 0 radical (unpaired) electrons. The van der Waals surface area contributed by atoms with Crippen LogP contribution in [0, 0.1) is 3.57 Å². The standard InChI is InChI=1S/C23H19BrClIN2O7S/c1-3-34-20(30)11-35-21-16(26)6-12(7-17(21)33-2)8-18-22(31)28(23(32)36-18)10-19(29)27-13-4-5-14(24)15(25)9-13/h4-9H,3,10-11H2,1-2H3,(H,27,29)/b18-8+. The molecule has 0 atom stereocenters. The van der Waals surface area contributed by atoms with E-state index in [1.807, 2.05) is 22.6 Å². The fourth-order valence-corrected chi connectivity index (χ4v) is 5.05. The lowest BCUT2D eigenvalue weighted by Gasteiger charge is -2.13. The highest BCUT2D eigenvalue weighted by Gasteiger charge is 2.36. The average molecular weight is 710 g/mol. The Labute approximate surface area is 238 Å². The van der Waals surface area contributed by atoms with Gasteiger partial charge in [-0.05, 0) is 99.2 Å². The van der Waals surface area contributed by atoms with Crippen LogP contribution in [-0.4, -0.2) is 54.8 Å². The SMILES string of the molecule is CCOC(=O)COc1c(I)cc(/C=C2/SC(=O)N(CC(=O)Nc3ccc(Br)c(Cl)c3)C2=O)cc1OC. The van der Waals surface area contributed by atoms with Gasteiger partial charge in [0.25, 0.3) is 11.1 Å². The highest BCUT2D eigenvalue weighted by molar-refractivity contribution is 14.1. The monoisotopic (exact) mass is 708 g/mol. The highest BCUT2D eigenvalue weighted by atomic mass is 127. The molecule has 1 heterocycles. The van der Waals surface area contributed by atoms with Gasteiger partial charge in [0.1, 0.15) is 6.54 Å². The van der Waals surface area contributed by atoms with E-state index in [0.717, 1.165) is 16.7 Å². The zero-order valence-electron chi connectivity index (χ0n) is 18.9. The summed E-state index contributed by atoms with van der Waals surface area (Å²) >= 11 is 12.0. The average Bonchev–Trinajstić information content (AvgIpc) is 3.07. The molecule has 190 valence electrons. The van der Waals surface area contributed by atoms with E-state index >= 15 is 0 Å². The number of anilines is 1. The fourth-order valence-electron chi connectivity index (χ4n) is 3.00. The van der Waals surface area contributed by atoms with Crippen molar-refractivity contribution in [2.75, 3.05) is 32.2 Å². The number of ether oxygens (including phenoxy) is 3. The van der Waals surface area contributed by atoms with Crippen LogP contribution in [0.3, 0.4) is 0 Å². The smallest absolute Gasteiger partial charge is 0.344 e. The molecule has 3 rings (SSSR count). The Morgan fingerprint density at radius 3 is 2.67 bits per heavy atom. The number of methoxy groups -OCH3 is 1. The number of rotatable bonds is 9. The normalized spacial score (nSPS) is 14.2. The molecule has 0 spiro atoms. The number of halogens is 3. The minimum atomic E-state index is -0.592. The topological polar surface area (TPSA) is 111 Å². The molecule has 2 aromatic carbocycles. The van der Waals surface area contributed by atoms with Crippen LogP contribution in [0.15, 0.2) is 39.7 Å². The van der Waals surface area contributed by atoms with Crippen LogP contribution in [-0.2, 0) is 19.1 Å². The van der Waals surface area contributed by atoms with Gasteiger partial charge in [0, 0.05) is 10.2 Å². The first kappa shape index (κ1) is 28.3. The van der Waals surface area contributed by atoms with Crippen molar-refractivity contribution >= 4 is 96.7 Å². The number of hydrogen-bond donors (Lipinski definition) is 1. The van der Waals surface area contributed by atoms with E-state index in [0.29, 0.717) is 35.8 Å². The van der Waals surface area contributed by atoms with Crippen LogP contribution in [0.1, 0.15) is 12.5 Å². The Hall–Kier alpha value is -2.29. The first-order valence-electron chi connectivity index (χ1n) is 10.3. The van der Waals surface area contributed by atoms with Gasteiger partial charge >= 0.3 is 5.97 Å². The van der Waals surface area contributed by atoms with Gasteiger partial charge in [-0.3, -0.25) is 19.3 Å². The number of imide groups is 1. The van der Waals surface area contributed by atoms with Crippen molar-refractivity contribution in [3.8, 4) is 11.5 Å². The molecule has 13 heteroatoms. The lowest BCUT2D eigenvalue weighted by Crippen LogP contribution is -2.36. The van der Waals surface area contributed by atoms with Gasteiger partial charge in [-0.1, -0.05) is 11.6 Å². The van der Waals surface area contributed by atoms with Gasteiger partial charge in [0.2, 0.25) is 5.91 Å². The van der Waals surface area contributed by atoms with Crippen molar-refractivity contribution in [3.63, 3.8) is 0 Å². The number of nitrogens with zero attached hydrogens (tertiary/aromatic N) is 1. The summed E-state index contributed by atoms with van der Waals surface area (Å²) in [5.74, 6) is -0.965. The molecule has 0 unspecified atom stereocenters. The summed E-state index contributed by atoms with van der Waals surface area (Å²) in [6, 6.07) is 8.18. The van der Waals surface area contributed by atoms with E-state index in [4.69, 9.17) is 25.8 Å². The molecule has 9 nitrogen and oxygen atoms in total. The first-order chi connectivity index (χ1) is 17.1. The predicted octanol–water partition coefficient (Wildman–Crippen LogP) is 5.33. The van der Waals surface area contributed by atoms with Crippen LogP contribution in [0.4, 0.5) is 10.5 Å². The number of carbonyl (C=O) groups excluding carboxylic acids is 4. The molecule has 1 N–H and O–H groups in total. The summed E-state index contributed by atoms with van der Waals surface area (Å²) in [6.45, 7) is 1.21. The Morgan fingerprint density at radius 2 is 2.00 bits per heavy atom. The molecule has 1 aliphatic heterocycles. The third-order valence-corrected chi connectivity index (χ3v) is 7.51. The zero-order valence-corrected chi connectivity index (χ0v) is 24.2. The van der Waals surface area contributed by atoms with Gasteiger partial charge in [-0.25, -0.2) is 4.79 Å². The fraction of sp³-hybridized carbons (Fsp3) is 0.217. The number of esters is 1. The van der Waals surface area contributed by atoms with Gasteiger partial charge < -0.3 is 19.5 Å². The second kappa shape index (κ2) is 12.8. The van der Waals surface area contributed by atoms with E-state index in [1.165, 1.54) is 13.2 Å². The lowest BCUT2D eigenvalue weighted by atomic mass is 10.2. The molecule has 0 saturated carbocycles. The third kappa shape index (κ3) is 7.14. The Balaban J connectivity index is 1.72. The van der Waals surface area contributed by atoms with E-state index < -0.39 is 29.6 Å². The van der Waals surface area contributed by atoms with Crippen LogP contribution in [0.25, 0.3) is 6.08 Å². The molecule has 36 heavy (non-hydrogen) atoms. The Morgan fingerprint density at radius 1 is 1.25 bits per heavy atom. The maximum atomic E-state index is 12.9. The molecular weight excluding hydrogens is 691 g/mol. The molecular formula is C23H19BrClIN2O7S. The van der Waals surface area contributed by atoms with E-state index in [2.05, 4.69) is 21.2 Å². The molecule has 1 saturated heterocycles. The Bertz CT molecular complexity index is 1260. The summed E-state index contributed by atoms with van der Waals surface area (Å²) in [5.41, 5.74) is 1.00. The summed E-state index contributed by atoms with van der Waals surface area (Å²) in [4.78, 5) is 50.4. The summed E-state index contributed by atoms with van der Waals surface area (Å²) in [7, 11) is 1.44. The minimum Gasteiger partial charge on any atom is -0.493 e. The number of nitrogens with one attached hydrogen (secondary N) is 1. The van der Waals surface area contributed by atoms with Crippen molar-refractivity contribution in [1.29, 1.82) is 0 Å². The van der Waals surface area contributed by atoms with Crippen molar-refractivity contribution in [1.82, 2.24) is 4.90 Å². The van der Waals surface area contributed by atoms with Crippen LogP contribution < -0.4 is 14.8 Å². The van der Waals surface area contributed by atoms with Crippen LogP contribution >= 0.6 is 61.9 Å². The minimum absolute atomic E-state index is 0.150. The van der Waals surface area contributed by atoms with Crippen molar-refractivity contribution in [2.45, 2.75) is 6.92 Å². The maximum absolute atomic E-state index is 12.9. The van der Waals surface area contributed by atoms with Gasteiger partial charge in [-0.2, -0.15) is 0 Å². The number of hydrogen-bond acceptors (Lipinski definition) is 8. The van der Waals surface area contributed by atoms with Gasteiger partial charge in [-0.15, -0.1) is 0 Å². The summed E-state index contributed by atoms with van der Waals surface area (Å²) < 4.78 is 17.1. The summed E-state index contributed by atoms with van der Waals surface area (Å²) in [5, 5.41) is 2.46. The predicted molar refractivity (Wildman–Crippen MR) is 148 cm³/mol. The number of carbonyl (C=O) groups is 4. The van der Waals surface area contributed by atoms with Crippen LogP contribution in [0.5, 0.6) is 11.5 Å². The first-order valence-corrected chi connectivity index (χ1v) is 13.4. The van der Waals surface area contributed by atoms with E-state index in [1.54, 1.807) is 37.3 Å². The maximum Gasteiger partial charge on any atom is 0.344 e. The molecule has 2 aromatic rings. The number of thioether (sulfide) groups is 1. The zero-order chi connectivity index (χ0) is 26.4. The van der Waals surface area contributed by atoms with E-state index in [-0.39, 0.29) is 18.1 Å². The van der Waals surface area contributed by atoms with Crippen molar-refractivity contribution in [3.05, 3.63) is 53.9 Å². The van der Waals surface area contributed by atoms with Crippen molar-refractivity contribution < 1.29 is 33.4 Å². The largest absolute Gasteiger partial charge is 0.493 e. The quantitative estimate of drug-likeness (QED) is 0.211. The summed E-state index contributed by atoms with van der Waals surface area (Å²) in [6.07, 6.45) is 1.52. The number of amides is 3. The third-order valence-electron chi connectivity index (χ3n) is 4.57. The van der Waals surface area contributed by atoms with Gasteiger partial charge in [0.05, 0.1) is 27.2 Å². The second-order valence-corrected chi connectivity index (χ2v) is 10.5. The second-order valence-electron chi connectivity index (χ2n) is 7.07. The van der Waals surface area contributed by atoms with Gasteiger partial charge in [0.15, 0.2) is 18.1 Å². The Kier molecular flexibility index (Phi) is 10.0. The molecule has 0 aliphatic carbocycles. The number of benzene rings is 2. The molecule has 1 fully saturated rings. The highest BCUT2D eigenvalue weighted by Crippen LogP contribution is 2.37. The van der Waals surface area contributed by atoms with Crippen molar-refractivity contribution in [2.24, 2.45) is 0 Å². The molecule has 3 amide bonds. The molecule has 0 bridgehead atoms. The molecule has 1 aliphatic rings. The lowest BCUT2D eigenvalue weighted by molar-refractivity contribution is -0.145.